The zero-order valence-corrected chi connectivity index (χ0v) is 9.16. The largest absolute Gasteiger partial charge is 0.480 e. The van der Waals surface area contributed by atoms with Crippen molar-refractivity contribution in [2.24, 2.45) is 0 Å². The van der Waals surface area contributed by atoms with Gasteiger partial charge in [0.05, 0.1) is 11.8 Å². The number of carbonyl (C=O) groups is 2. The Hall–Kier alpha value is -1.89. The van der Waals surface area contributed by atoms with Crippen LogP contribution in [0.4, 0.5) is 0 Å². The number of carboxylic acid groups (broad SMARTS) is 1. The summed E-state index contributed by atoms with van der Waals surface area (Å²) in [5.41, 5.74) is 0.403. The molecule has 1 aliphatic rings. The molecule has 1 fully saturated rings. The molecular formula is C10H12N2O5. The molecule has 0 spiro atoms. The number of aromatic nitrogens is 1. The van der Waals surface area contributed by atoms with E-state index in [0.717, 1.165) is 11.3 Å². The molecule has 7 heteroatoms. The molecule has 0 aliphatic carbocycles. The second-order valence-electron chi connectivity index (χ2n) is 3.97. The first-order valence-electron chi connectivity index (χ1n) is 5.12. The topological polar surface area (TPSA) is 104 Å². The number of aliphatic hydroxyl groups excluding tert-OH is 1. The van der Waals surface area contributed by atoms with Gasteiger partial charge in [-0.3, -0.25) is 4.79 Å². The SMILES string of the molecule is Cc1ncoc1C(=O)N1CC(O)CC1C(=O)O. The number of hydrogen-bond donors (Lipinski definition) is 2. The van der Waals surface area contributed by atoms with Gasteiger partial charge in [0.15, 0.2) is 6.39 Å². The summed E-state index contributed by atoms with van der Waals surface area (Å²) >= 11 is 0. The molecule has 2 atom stereocenters. The number of aliphatic hydroxyl groups is 1. The van der Waals surface area contributed by atoms with Gasteiger partial charge in [-0.1, -0.05) is 0 Å². The number of carboxylic acids is 1. The predicted molar refractivity (Wildman–Crippen MR) is 54.3 cm³/mol. The molecule has 2 rings (SSSR count). The molecule has 7 nitrogen and oxygen atoms in total. The first-order chi connectivity index (χ1) is 8.00. The van der Waals surface area contributed by atoms with Gasteiger partial charge >= 0.3 is 5.97 Å². The molecule has 2 heterocycles. The lowest BCUT2D eigenvalue weighted by Crippen LogP contribution is -2.40. The van der Waals surface area contributed by atoms with E-state index >= 15 is 0 Å². The fraction of sp³-hybridized carbons (Fsp3) is 0.500. The van der Waals surface area contributed by atoms with Gasteiger partial charge in [-0.25, -0.2) is 9.78 Å². The lowest BCUT2D eigenvalue weighted by Gasteiger charge is -2.19. The van der Waals surface area contributed by atoms with E-state index in [9.17, 15) is 14.7 Å². The zero-order chi connectivity index (χ0) is 12.6. The minimum atomic E-state index is -1.13. The average Bonchev–Trinajstić information content (AvgIpc) is 2.83. The third-order valence-corrected chi connectivity index (χ3v) is 2.76. The standard InChI is InChI=1S/C10H12N2O5/c1-5-8(17-4-11-5)9(14)12-3-6(13)2-7(12)10(15)16/h4,6-7,13H,2-3H2,1H3,(H,15,16). The van der Waals surface area contributed by atoms with Gasteiger partial charge in [0, 0.05) is 13.0 Å². The van der Waals surface area contributed by atoms with Gasteiger partial charge < -0.3 is 19.5 Å². The van der Waals surface area contributed by atoms with Gasteiger partial charge in [0.1, 0.15) is 6.04 Å². The predicted octanol–water partition coefficient (Wildman–Crippen LogP) is -0.357. The lowest BCUT2D eigenvalue weighted by atomic mass is 10.2. The van der Waals surface area contributed by atoms with E-state index in [0.29, 0.717) is 5.69 Å². The first kappa shape index (κ1) is 11.6. The van der Waals surface area contributed by atoms with Crippen LogP contribution >= 0.6 is 0 Å². The van der Waals surface area contributed by atoms with Crippen LogP contribution in [0.25, 0.3) is 0 Å². The molecule has 92 valence electrons. The Morgan fingerprint density at radius 1 is 1.59 bits per heavy atom. The summed E-state index contributed by atoms with van der Waals surface area (Å²) in [5, 5.41) is 18.4. The number of amides is 1. The summed E-state index contributed by atoms with van der Waals surface area (Å²) in [4.78, 5) is 27.8. The highest BCUT2D eigenvalue weighted by Crippen LogP contribution is 2.21. The number of β-amino-alcohol motifs (C(OH)–C–C–N with tert-alkyl or cyclic N) is 1. The summed E-state index contributed by atoms with van der Waals surface area (Å²) in [6.07, 6.45) is 0.349. The van der Waals surface area contributed by atoms with Gasteiger partial charge in [-0.15, -0.1) is 0 Å². The maximum Gasteiger partial charge on any atom is 0.326 e. The number of likely N-dealkylation sites (tertiary alicyclic amines) is 1. The van der Waals surface area contributed by atoms with Crippen molar-refractivity contribution >= 4 is 11.9 Å². The third kappa shape index (κ3) is 2.01. The van der Waals surface area contributed by atoms with E-state index in [1.165, 1.54) is 0 Å². The molecule has 1 amide bonds. The van der Waals surface area contributed by atoms with Crippen LogP contribution in [0.5, 0.6) is 0 Å². The van der Waals surface area contributed by atoms with Crippen molar-refractivity contribution in [2.75, 3.05) is 6.54 Å². The average molecular weight is 240 g/mol. The van der Waals surface area contributed by atoms with Crippen LogP contribution in [0.2, 0.25) is 0 Å². The third-order valence-electron chi connectivity index (χ3n) is 2.76. The highest BCUT2D eigenvalue weighted by atomic mass is 16.4. The van der Waals surface area contributed by atoms with Crippen molar-refractivity contribution in [3.63, 3.8) is 0 Å². The second kappa shape index (κ2) is 4.17. The van der Waals surface area contributed by atoms with E-state index < -0.39 is 24.0 Å². The molecule has 0 aromatic carbocycles. The second-order valence-corrected chi connectivity index (χ2v) is 3.97. The molecule has 2 N–H and O–H groups in total. The number of aliphatic carboxylic acids is 1. The summed E-state index contributed by atoms with van der Waals surface area (Å²) in [7, 11) is 0. The number of aryl methyl sites for hydroxylation is 1. The smallest absolute Gasteiger partial charge is 0.326 e. The highest BCUT2D eigenvalue weighted by molar-refractivity contribution is 5.95. The number of rotatable bonds is 2. The molecule has 0 saturated carbocycles. The monoisotopic (exact) mass is 240 g/mol. The number of nitrogens with zero attached hydrogens (tertiary/aromatic N) is 2. The van der Waals surface area contributed by atoms with Crippen LogP contribution in [0, 0.1) is 6.92 Å². The molecular weight excluding hydrogens is 228 g/mol. The van der Waals surface area contributed by atoms with Crippen molar-refractivity contribution in [3.05, 3.63) is 17.8 Å². The Morgan fingerprint density at radius 2 is 2.29 bits per heavy atom. The Balaban J connectivity index is 2.25. The molecule has 1 aliphatic heterocycles. The van der Waals surface area contributed by atoms with Crippen LogP contribution < -0.4 is 0 Å². The van der Waals surface area contributed by atoms with Gasteiger partial charge in [-0.05, 0) is 6.92 Å². The van der Waals surface area contributed by atoms with Crippen molar-refractivity contribution < 1.29 is 24.2 Å². The molecule has 0 radical (unpaired) electrons. The highest BCUT2D eigenvalue weighted by Gasteiger charge is 2.40. The van der Waals surface area contributed by atoms with Crippen molar-refractivity contribution in [1.82, 2.24) is 9.88 Å². The molecule has 2 unspecified atom stereocenters. The fourth-order valence-corrected chi connectivity index (χ4v) is 1.91. The molecule has 1 aromatic heterocycles. The minimum absolute atomic E-state index is 0.00403. The van der Waals surface area contributed by atoms with Crippen LogP contribution in [-0.2, 0) is 4.79 Å². The molecule has 0 bridgehead atoms. The maximum atomic E-state index is 12.0. The summed E-state index contributed by atoms with van der Waals surface area (Å²) < 4.78 is 4.92. The Kier molecular flexibility index (Phi) is 2.84. The summed E-state index contributed by atoms with van der Waals surface area (Å²) in [5.74, 6) is -1.67. The van der Waals surface area contributed by atoms with Crippen LogP contribution in [-0.4, -0.2) is 50.7 Å². The maximum absolute atomic E-state index is 12.0. The van der Waals surface area contributed by atoms with E-state index in [1.807, 2.05) is 0 Å². The van der Waals surface area contributed by atoms with E-state index in [1.54, 1.807) is 6.92 Å². The Labute approximate surface area is 96.7 Å². The fourth-order valence-electron chi connectivity index (χ4n) is 1.91. The van der Waals surface area contributed by atoms with Crippen molar-refractivity contribution in [3.8, 4) is 0 Å². The molecule has 1 saturated heterocycles. The van der Waals surface area contributed by atoms with Crippen LogP contribution in [0.1, 0.15) is 22.7 Å². The quantitative estimate of drug-likeness (QED) is 0.731. The van der Waals surface area contributed by atoms with Crippen LogP contribution in [0.15, 0.2) is 10.8 Å². The lowest BCUT2D eigenvalue weighted by molar-refractivity contribution is -0.141. The van der Waals surface area contributed by atoms with Gasteiger partial charge in [0.2, 0.25) is 5.76 Å². The van der Waals surface area contributed by atoms with Gasteiger partial charge in [-0.2, -0.15) is 0 Å². The summed E-state index contributed by atoms with van der Waals surface area (Å²) in [6.45, 7) is 1.59. The number of oxazole rings is 1. The first-order valence-corrected chi connectivity index (χ1v) is 5.12. The number of hydrogen-bond acceptors (Lipinski definition) is 5. The Bertz CT molecular complexity index is 455. The molecule has 17 heavy (non-hydrogen) atoms. The van der Waals surface area contributed by atoms with Gasteiger partial charge in [0.25, 0.3) is 5.91 Å². The molecule has 1 aromatic rings. The Morgan fingerprint density at radius 3 is 2.82 bits per heavy atom. The van der Waals surface area contributed by atoms with Crippen molar-refractivity contribution in [2.45, 2.75) is 25.5 Å². The summed E-state index contributed by atoms with van der Waals surface area (Å²) in [6, 6.07) is -1.01. The minimum Gasteiger partial charge on any atom is -0.480 e. The normalized spacial score (nSPS) is 24.0. The van der Waals surface area contributed by atoms with Crippen molar-refractivity contribution in [1.29, 1.82) is 0 Å². The van der Waals surface area contributed by atoms with E-state index in [4.69, 9.17) is 9.52 Å². The zero-order valence-electron chi connectivity index (χ0n) is 9.16. The van der Waals surface area contributed by atoms with E-state index in [2.05, 4.69) is 4.98 Å². The number of carbonyl (C=O) groups excluding carboxylic acids is 1. The van der Waals surface area contributed by atoms with E-state index in [-0.39, 0.29) is 18.7 Å². The van der Waals surface area contributed by atoms with Crippen LogP contribution in [0.3, 0.4) is 0 Å².